The second kappa shape index (κ2) is 6.39. The van der Waals surface area contributed by atoms with Crippen LogP contribution in [-0.4, -0.2) is 17.6 Å². The van der Waals surface area contributed by atoms with Gasteiger partial charge in [-0.05, 0) is 41.5 Å². The first-order chi connectivity index (χ1) is 11.5. The molecule has 0 bridgehead atoms. The number of esters is 1. The van der Waals surface area contributed by atoms with Crippen molar-refractivity contribution in [1.82, 2.24) is 4.98 Å². The number of aromatic nitrogens is 1. The zero-order chi connectivity index (χ0) is 17.3. The van der Waals surface area contributed by atoms with E-state index in [1.165, 1.54) is 25.1 Å². The smallest absolute Gasteiger partial charge is 0.302 e. The normalized spacial score (nSPS) is 11.0. The zero-order valence-corrected chi connectivity index (χ0v) is 12.8. The molecule has 0 atom stereocenters. The van der Waals surface area contributed by atoms with Gasteiger partial charge in [0.05, 0.1) is 12.1 Å². The van der Waals surface area contributed by atoms with Gasteiger partial charge in [-0.25, -0.2) is 13.2 Å². The summed E-state index contributed by atoms with van der Waals surface area (Å²) in [7, 11) is 0. The van der Waals surface area contributed by atoms with Gasteiger partial charge in [0.1, 0.15) is 17.5 Å². The second-order valence-electron chi connectivity index (χ2n) is 5.39. The molecular weight excluding hydrogens is 319 g/mol. The number of aromatic amines is 1. The summed E-state index contributed by atoms with van der Waals surface area (Å²) >= 11 is 0. The summed E-state index contributed by atoms with van der Waals surface area (Å²) in [6, 6.07) is 7.68. The van der Waals surface area contributed by atoms with Crippen LogP contribution in [0.4, 0.5) is 13.2 Å². The highest BCUT2D eigenvalue weighted by atomic mass is 19.1. The van der Waals surface area contributed by atoms with Crippen LogP contribution in [0.15, 0.2) is 36.4 Å². The van der Waals surface area contributed by atoms with E-state index < -0.39 is 23.4 Å². The summed E-state index contributed by atoms with van der Waals surface area (Å²) < 4.78 is 45.7. The molecule has 6 heteroatoms. The molecule has 0 unspecified atom stereocenters. The molecule has 3 rings (SSSR count). The third-order valence-corrected chi connectivity index (χ3v) is 3.72. The maximum Gasteiger partial charge on any atom is 0.302 e. The van der Waals surface area contributed by atoms with Crippen LogP contribution in [0, 0.1) is 17.5 Å². The topological polar surface area (TPSA) is 42.1 Å². The molecule has 0 spiro atoms. The van der Waals surface area contributed by atoms with Crippen LogP contribution < -0.4 is 0 Å². The molecule has 0 fully saturated rings. The molecule has 24 heavy (non-hydrogen) atoms. The minimum atomic E-state index is -0.716. The van der Waals surface area contributed by atoms with Gasteiger partial charge in [-0.1, -0.05) is 0 Å². The Morgan fingerprint density at radius 2 is 1.79 bits per heavy atom. The Morgan fingerprint density at radius 1 is 1.08 bits per heavy atom. The predicted octanol–water partition coefficient (Wildman–Crippen LogP) is 4.36. The van der Waals surface area contributed by atoms with E-state index in [0.717, 1.165) is 6.07 Å². The van der Waals surface area contributed by atoms with Gasteiger partial charge >= 0.3 is 5.97 Å². The van der Waals surface area contributed by atoms with Crippen LogP contribution >= 0.6 is 0 Å². The Bertz CT molecular complexity index is 901. The number of hydrogen-bond acceptors (Lipinski definition) is 2. The molecular formula is C18H14F3NO2. The van der Waals surface area contributed by atoms with E-state index in [9.17, 15) is 18.0 Å². The van der Waals surface area contributed by atoms with Crippen LogP contribution in [0.3, 0.4) is 0 Å². The van der Waals surface area contributed by atoms with Crippen molar-refractivity contribution in [3.05, 3.63) is 59.4 Å². The standard InChI is InChI=1S/C18H14F3NO2/c1-10(23)24-7-6-14-15-8-13(20)9-16(21)18(15)22-17(14)11-2-4-12(19)5-3-11/h2-5,8-9,22H,6-7H2,1H3. The van der Waals surface area contributed by atoms with Crippen molar-refractivity contribution in [2.45, 2.75) is 13.3 Å². The summed E-state index contributed by atoms with van der Waals surface area (Å²) in [6.45, 7) is 1.37. The molecule has 2 aromatic carbocycles. The fraction of sp³-hybridized carbons (Fsp3) is 0.167. The van der Waals surface area contributed by atoms with E-state index >= 15 is 0 Å². The Kier molecular flexibility index (Phi) is 4.29. The van der Waals surface area contributed by atoms with Crippen molar-refractivity contribution in [2.75, 3.05) is 6.61 Å². The third kappa shape index (κ3) is 3.13. The van der Waals surface area contributed by atoms with Crippen molar-refractivity contribution in [2.24, 2.45) is 0 Å². The molecule has 0 saturated heterocycles. The minimum absolute atomic E-state index is 0.0780. The van der Waals surface area contributed by atoms with Crippen LogP contribution in [0.2, 0.25) is 0 Å². The zero-order valence-electron chi connectivity index (χ0n) is 12.8. The molecule has 124 valence electrons. The average Bonchev–Trinajstić information content (AvgIpc) is 2.87. The number of rotatable bonds is 4. The van der Waals surface area contributed by atoms with E-state index in [1.807, 2.05) is 0 Å². The van der Waals surface area contributed by atoms with Gasteiger partial charge in [0, 0.05) is 30.5 Å². The molecule has 0 aliphatic carbocycles. The SMILES string of the molecule is CC(=O)OCCc1c(-c2ccc(F)cc2)[nH]c2c(F)cc(F)cc12. The second-order valence-corrected chi connectivity index (χ2v) is 5.39. The van der Waals surface area contributed by atoms with E-state index in [-0.39, 0.29) is 18.5 Å². The first kappa shape index (κ1) is 16.1. The lowest BCUT2D eigenvalue weighted by Gasteiger charge is -2.06. The van der Waals surface area contributed by atoms with Gasteiger partial charge in [0.15, 0.2) is 0 Å². The van der Waals surface area contributed by atoms with Crippen LogP contribution in [-0.2, 0) is 16.0 Å². The molecule has 1 aromatic heterocycles. The molecule has 1 heterocycles. The van der Waals surface area contributed by atoms with Crippen molar-refractivity contribution in [3.8, 4) is 11.3 Å². The maximum atomic E-state index is 14.1. The fourth-order valence-electron chi connectivity index (χ4n) is 2.69. The van der Waals surface area contributed by atoms with E-state index in [0.29, 0.717) is 22.2 Å². The third-order valence-electron chi connectivity index (χ3n) is 3.72. The Morgan fingerprint density at radius 3 is 2.46 bits per heavy atom. The Labute approximate surface area is 136 Å². The summed E-state index contributed by atoms with van der Waals surface area (Å²) in [5.41, 5.74) is 1.94. The van der Waals surface area contributed by atoms with E-state index in [1.54, 1.807) is 12.1 Å². The summed E-state index contributed by atoms with van der Waals surface area (Å²) in [5, 5.41) is 0.374. The highest BCUT2D eigenvalue weighted by molar-refractivity contribution is 5.91. The lowest BCUT2D eigenvalue weighted by Crippen LogP contribution is -2.03. The summed E-state index contributed by atoms with van der Waals surface area (Å²) in [4.78, 5) is 13.9. The monoisotopic (exact) mass is 333 g/mol. The summed E-state index contributed by atoms with van der Waals surface area (Å²) in [5.74, 6) is -2.24. The molecule has 0 radical (unpaired) electrons. The number of fused-ring (bicyclic) bond motifs is 1. The number of H-pyrrole nitrogens is 1. The molecule has 0 saturated carbocycles. The van der Waals surface area contributed by atoms with Gasteiger partial charge in [0.25, 0.3) is 0 Å². The maximum absolute atomic E-state index is 14.1. The van der Waals surface area contributed by atoms with E-state index in [2.05, 4.69) is 4.98 Å². The van der Waals surface area contributed by atoms with Gasteiger partial charge in [-0.2, -0.15) is 0 Å². The minimum Gasteiger partial charge on any atom is -0.466 e. The number of ether oxygens (including phenoxy) is 1. The van der Waals surface area contributed by atoms with Gasteiger partial charge in [-0.15, -0.1) is 0 Å². The molecule has 0 aliphatic heterocycles. The van der Waals surface area contributed by atoms with Crippen LogP contribution in [0.1, 0.15) is 12.5 Å². The molecule has 1 N–H and O–H groups in total. The first-order valence-electron chi connectivity index (χ1n) is 7.34. The number of nitrogens with one attached hydrogen (secondary N) is 1. The van der Waals surface area contributed by atoms with Crippen molar-refractivity contribution >= 4 is 16.9 Å². The van der Waals surface area contributed by atoms with Crippen molar-refractivity contribution < 1.29 is 22.7 Å². The lowest BCUT2D eigenvalue weighted by atomic mass is 10.0. The summed E-state index contributed by atoms with van der Waals surface area (Å²) in [6.07, 6.45) is 0.273. The number of halogens is 3. The highest BCUT2D eigenvalue weighted by Gasteiger charge is 2.17. The largest absolute Gasteiger partial charge is 0.466 e. The number of carbonyl (C=O) groups excluding carboxylic acids is 1. The van der Waals surface area contributed by atoms with E-state index in [4.69, 9.17) is 4.74 Å². The van der Waals surface area contributed by atoms with Gasteiger partial charge in [0.2, 0.25) is 0 Å². The molecule has 3 aromatic rings. The quantitative estimate of drug-likeness (QED) is 0.721. The molecule has 3 nitrogen and oxygen atoms in total. The Balaban J connectivity index is 2.13. The average molecular weight is 333 g/mol. The lowest BCUT2D eigenvalue weighted by molar-refractivity contribution is -0.140. The number of carbonyl (C=O) groups is 1. The highest BCUT2D eigenvalue weighted by Crippen LogP contribution is 2.32. The first-order valence-corrected chi connectivity index (χ1v) is 7.34. The number of hydrogen-bond donors (Lipinski definition) is 1. The fourth-order valence-corrected chi connectivity index (χ4v) is 2.69. The van der Waals surface area contributed by atoms with Gasteiger partial charge in [-0.3, -0.25) is 4.79 Å². The van der Waals surface area contributed by atoms with Crippen LogP contribution in [0.5, 0.6) is 0 Å². The Hall–Kier alpha value is -2.76. The molecule has 0 aliphatic rings. The number of benzene rings is 2. The van der Waals surface area contributed by atoms with Crippen molar-refractivity contribution in [1.29, 1.82) is 0 Å². The molecule has 0 amide bonds. The van der Waals surface area contributed by atoms with Crippen molar-refractivity contribution in [3.63, 3.8) is 0 Å². The van der Waals surface area contributed by atoms with Gasteiger partial charge < -0.3 is 9.72 Å². The predicted molar refractivity (Wildman–Crippen MR) is 83.9 cm³/mol. The van der Waals surface area contributed by atoms with Crippen LogP contribution in [0.25, 0.3) is 22.2 Å².